The molecule has 72 valence electrons. The van der Waals surface area contributed by atoms with Crippen LogP contribution in [0.3, 0.4) is 0 Å². The number of likely N-dealkylation sites (tertiary alicyclic amines) is 1. The normalized spacial score (nSPS) is 26.0. The lowest BCUT2D eigenvalue weighted by Gasteiger charge is -2.34. The van der Waals surface area contributed by atoms with Gasteiger partial charge >= 0.3 is 0 Å². The van der Waals surface area contributed by atoms with E-state index in [9.17, 15) is 0 Å². The Morgan fingerprint density at radius 2 is 2.33 bits per heavy atom. The molecule has 12 heavy (non-hydrogen) atoms. The maximum absolute atomic E-state index is 5.68. The lowest BCUT2D eigenvalue weighted by Crippen LogP contribution is -2.45. The summed E-state index contributed by atoms with van der Waals surface area (Å²) in [7, 11) is 1.75. The summed E-state index contributed by atoms with van der Waals surface area (Å²) < 4.78 is 5.05. The molecular weight excluding hydrogens is 152 g/mol. The van der Waals surface area contributed by atoms with Crippen LogP contribution in [0.4, 0.5) is 0 Å². The summed E-state index contributed by atoms with van der Waals surface area (Å²) in [4.78, 5) is 2.45. The summed E-state index contributed by atoms with van der Waals surface area (Å²) in [6.45, 7) is 3.86. The standard InChI is InChI=1S/C9H20N2O/c1-12-7-6-11-5-3-2-4-9(11)8-10/h9H,2-8,10H2,1H3. The number of methoxy groups -OCH3 is 1. The first-order valence-electron chi connectivity index (χ1n) is 4.81. The van der Waals surface area contributed by atoms with E-state index in [4.69, 9.17) is 10.5 Å². The summed E-state index contributed by atoms with van der Waals surface area (Å²) >= 11 is 0. The van der Waals surface area contributed by atoms with Gasteiger partial charge in [0, 0.05) is 26.2 Å². The molecule has 3 nitrogen and oxygen atoms in total. The van der Waals surface area contributed by atoms with Crippen LogP contribution in [-0.2, 0) is 4.74 Å². The predicted octanol–water partition coefficient (Wildman–Crippen LogP) is 0.446. The molecule has 3 heteroatoms. The van der Waals surface area contributed by atoms with Gasteiger partial charge in [-0.3, -0.25) is 4.90 Å². The Hall–Kier alpha value is -0.120. The van der Waals surface area contributed by atoms with Crippen LogP contribution >= 0.6 is 0 Å². The third-order valence-corrected chi connectivity index (χ3v) is 2.60. The van der Waals surface area contributed by atoms with Gasteiger partial charge < -0.3 is 10.5 Å². The quantitative estimate of drug-likeness (QED) is 0.669. The Morgan fingerprint density at radius 3 is 3.00 bits per heavy atom. The molecule has 0 aromatic heterocycles. The maximum Gasteiger partial charge on any atom is 0.0589 e. The Kier molecular flexibility index (Phi) is 4.58. The molecule has 0 aromatic rings. The highest BCUT2D eigenvalue weighted by molar-refractivity contribution is 4.77. The van der Waals surface area contributed by atoms with Crippen molar-refractivity contribution < 1.29 is 4.74 Å². The second kappa shape index (κ2) is 5.51. The minimum atomic E-state index is 0.605. The van der Waals surface area contributed by atoms with E-state index in [-0.39, 0.29) is 0 Å². The highest BCUT2D eigenvalue weighted by Gasteiger charge is 2.19. The molecule has 0 saturated carbocycles. The summed E-state index contributed by atoms with van der Waals surface area (Å²) in [6.07, 6.45) is 3.92. The van der Waals surface area contributed by atoms with E-state index in [1.54, 1.807) is 7.11 Å². The fraction of sp³-hybridized carbons (Fsp3) is 1.00. The van der Waals surface area contributed by atoms with Crippen LogP contribution in [0, 0.1) is 0 Å². The number of piperidine rings is 1. The number of hydrogen-bond acceptors (Lipinski definition) is 3. The second-order valence-corrected chi connectivity index (χ2v) is 3.41. The third kappa shape index (κ3) is 2.73. The summed E-state index contributed by atoms with van der Waals surface area (Å²) in [5.41, 5.74) is 5.68. The fourth-order valence-corrected chi connectivity index (χ4v) is 1.83. The number of hydrogen-bond donors (Lipinski definition) is 1. The van der Waals surface area contributed by atoms with Gasteiger partial charge in [0.05, 0.1) is 6.61 Å². The van der Waals surface area contributed by atoms with Gasteiger partial charge in [0.2, 0.25) is 0 Å². The minimum absolute atomic E-state index is 0.605. The average Bonchev–Trinajstić information content (AvgIpc) is 2.15. The van der Waals surface area contributed by atoms with Crippen molar-refractivity contribution in [1.29, 1.82) is 0 Å². The molecule has 1 rings (SSSR count). The molecule has 1 atom stereocenters. The molecule has 0 radical (unpaired) electrons. The summed E-state index contributed by atoms with van der Waals surface area (Å²) in [5.74, 6) is 0. The average molecular weight is 172 g/mol. The molecule has 1 unspecified atom stereocenters. The molecule has 0 spiro atoms. The summed E-state index contributed by atoms with van der Waals surface area (Å²) in [6, 6.07) is 0.605. The van der Waals surface area contributed by atoms with E-state index in [0.717, 1.165) is 19.7 Å². The highest BCUT2D eigenvalue weighted by Crippen LogP contribution is 2.15. The van der Waals surface area contributed by atoms with E-state index >= 15 is 0 Å². The van der Waals surface area contributed by atoms with Crippen LogP contribution in [0.5, 0.6) is 0 Å². The molecule has 1 aliphatic rings. The number of nitrogens with two attached hydrogens (primary N) is 1. The SMILES string of the molecule is COCCN1CCCCC1CN. The summed E-state index contributed by atoms with van der Waals surface area (Å²) in [5, 5.41) is 0. The Bertz CT molecular complexity index is 119. The lowest BCUT2D eigenvalue weighted by atomic mass is 10.0. The van der Waals surface area contributed by atoms with Crippen molar-refractivity contribution in [1.82, 2.24) is 4.90 Å². The minimum Gasteiger partial charge on any atom is -0.383 e. The van der Waals surface area contributed by atoms with Crippen LogP contribution < -0.4 is 5.73 Å². The molecule has 0 aromatic carbocycles. The largest absolute Gasteiger partial charge is 0.383 e. The van der Waals surface area contributed by atoms with E-state index in [1.165, 1.54) is 25.8 Å². The van der Waals surface area contributed by atoms with Gasteiger partial charge in [-0.15, -0.1) is 0 Å². The molecule has 0 amide bonds. The fourth-order valence-electron chi connectivity index (χ4n) is 1.83. The Labute approximate surface area is 74.9 Å². The smallest absolute Gasteiger partial charge is 0.0589 e. The third-order valence-electron chi connectivity index (χ3n) is 2.60. The monoisotopic (exact) mass is 172 g/mol. The Morgan fingerprint density at radius 1 is 1.50 bits per heavy atom. The van der Waals surface area contributed by atoms with E-state index in [1.807, 2.05) is 0 Å². The molecule has 1 aliphatic heterocycles. The van der Waals surface area contributed by atoms with E-state index in [2.05, 4.69) is 4.90 Å². The van der Waals surface area contributed by atoms with Crippen molar-refractivity contribution >= 4 is 0 Å². The topological polar surface area (TPSA) is 38.5 Å². The molecule has 2 N–H and O–H groups in total. The first-order chi connectivity index (χ1) is 5.88. The second-order valence-electron chi connectivity index (χ2n) is 3.41. The predicted molar refractivity (Wildman–Crippen MR) is 50.1 cm³/mol. The van der Waals surface area contributed by atoms with Crippen molar-refractivity contribution in [3.63, 3.8) is 0 Å². The van der Waals surface area contributed by atoms with Crippen LogP contribution in [0.25, 0.3) is 0 Å². The molecule has 1 heterocycles. The number of ether oxygens (including phenoxy) is 1. The first kappa shape index (κ1) is 9.96. The zero-order valence-corrected chi connectivity index (χ0v) is 7.96. The van der Waals surface area contributed by atoms with Crippen molar-refractivity contribution in [2.45, 2.75) is 25.3 Å². The highest BCUT2D eigenvalue weighted by atomic mass is 16.5. The molecular formula is C9H20N2O. The van der Waals surface area contributed by atoms with Crippen LogP contribution in [0.1, 0.15) is 19.3 Å². The zero-order chi connectivity index (χ0) is 8.81. The van der Waals surface area contributed by atoms with Gasteiger partial charge in [-0.05, 0) is 19.4 Å². The van der Waals surface area contributed by atoms with Crippen molar-refractivity contribution in [2.24, 2.45) is 5.73 Å². The van der Waals surface area contributed by atoms with Crippen LogP contribution in [0.15, 0.2) is 0 Å². The van der Waals surface area contributed by atoms with Crippen LogP contribution in [0.2, 0.25) is 0 Å². The lowest BCUT2D eigenvalue weighted by molar-refractivity contribution is 0.0993. The van der Waals surface area contributed by atoms with Gasteiger partial charge in [-0.25, -0.2) is 0 Å². The molecule has 1 fully saturated rings. The van der Waals surface area contributed by atoms with Gasteiger partial charge in [0.15, 0.2) is 0 Å². The molecule has 1 saturated heterocycles. The Balaban J connectivity index is 2.26. The maximum atomic E-state index is 5.68. The number of nitrogens with zero attached hydrogens (tertiary/aromatic N) is 1. The van der Waals surface area contributed by atoms with Crippen molar-refractivity contribution in [3.8, 4) is 0 Å². The van der Waals surface area contributed by atoms with Gasteiger partial charge in [0.25, 0.3) is 0 Å². The van der Waals surface area contributed by atoms with E-state index in [0.29, 0.717) is 6.04 Å². The molecule has 0 aliphatic carbocycles. The zero-order valence-electron chi connectivity index (χ0n) is 7.96. The van der Waals surface area contributed by atoms with Crippen LogP contribution in [-0.4, -0.2) is 44.3 Å². The first-order valence-corrected chi connectivity index (χ1v) is 4.81. The van der Waals surface area contributed by atoms with Gasteiger partial charge in [-0.1, -0.05) is 6.42 Å². The number of rotatable bonds is 4. The van der Waals surface area contributed by atoms with Crippen molar-refractivity contribution in [3.05, 3.63) is 0 Å². The van der Waals surface area contributed by atoms with Gasteiger partial charge in [-0.2, -0.15) is 0 Å². The van der Waals surface area contributed by atoms with Crippen molar-refractivity contribution in [2.75, 3.05) is 33.4 Å². The van der Waals surface area contributed by atoms with Gasteiger partial charge in [0.1, 0.15) is 0 Å². The molecule has 0 bridgehead atoms. The van der Waals surface area contributed by atoms with E-state index < -0.39 is 0 Å².